The van der Waals surface area contributed by atoms with Gasteiger partial charge in [-0.3, -0.25) is 19.7 Å². The van der Waals surface area contributed by atoms with Gasteiger partial charge >= 0.3 is 6.03 Å². The minimum absolute atomic E-state index is 0.0656. The van der Waals surface area contributed by atoms with Gasteiger partial charge in [0.2, 0.25) is 5.78 Å². The number of carbonyl (C=O) groups excluding carboxylic acids is 4. The van der Waals surface area contributed by atoms with Crippen LogP contribution in [0.1, 0.15) is 48.2 Å². The molecular formula is C24H24N8O4. The number of piperidine rings is 1. The fourth-order valence-corrected chi connectivity index (χ4v) is 5.15. The van der Waals surface area contributed by atoms with Crippen LogP contribution in [0.2, 0.25) is 0 Å². The molecule has 1 unspecified atom stereocenters. The smallest absolute Gasteiger partial charge is 0.320 e. The SMILES string of the molecule is CC1CCCCN1C(=O)N1CCn2cc(C3=C(c4cnc5cccnn45)C(=O)NC3=O)nc2C(=O)C1. The molecule has 12 heteroatoms. The number of likely N-dealkylation sites (tertiary alicyclic amines) is 1. The van der Waals surface area contributed by atoms with Gasteiger partial charge < -0.3 is 14.4 Å². The van der Waals surface area contributed by atoms with Gasteiger partial charge in [-0.15, -0.1) is 0 Å². The highest BCUT2D eigenvalue weighted by Crippen LogP contribution is 2.31. The van der Waals surface area contributed by atoms with Crippen LogP contribution in [0.15, 0.2) is 30.7 Å². The number of urea groups is 1. The van der Waals surface area contributed by atoms with Crippen LogP contribution in [0.3, 0.4) is 0 Å². The number of hydrogen-bond donors (Lipinski definition) is 1. The first-order chi connectivity index (χ1) is 17.4. The molecule has 1 N–H and O–H groups in total. The summed E-state index contributed by atoms with van der Waals surface area (Å²) in [5.74, 6) is -1.34. The van der Waals surface area contributed by atoms with Crippen molar-refractivity contribution in [2.24, 2.45) is 0 Å². The molecule has 0 aliphatic carbocycles. The van der Waals surface area contributed by atoms with Gasteiger partial charge in [-0.25, -0.2) is 19.3 Å². The van der Waals surface area contributed by atoms with E-state index in [1.807, 2.05) is 11.8 Å². The van der Waals surface area contributed by atoms with Gasteiger partial charge in [0.1, 0.15) is 0 Å². The van der Waals surface area contributed by atoms with Crippen LogP contribution in [0.5, 0.6) is 0 Å². The van der Waals surface area contributed by atoms with Gasteiger partial charge in [0.05, 0.1) is 35.3 Å². The summed E-state index contributed by atoms with van der Waals surface area (Å²) in [6.45, 7) is 3.32. The van der Waals surface area contributed by atoms with E-state index < -0.39 is 11.8 Å². The van der Waals surface area contributed by atoms with E-state index in [-0.39, 0.29) is 47.1 Å². The average molecular weight is 489 g/mol. The minimum atomic E-state index is -0.600. The summed E-state index contributed by atoms with van der Waals surface area (Å²) in [6.07, 6.45) is 7.65. The third-order valence-electron chi connectivity index (χ3n) is 7.01. The van der Waals surface area contributed by atoms with E-state index in [9.17, 15) is 19.2 Å². The number of Topliss-reactive ketones (excluding diaryl/α,β-unsaturated/α-hetero) is 1. The molecule has 1 saturated heterocycles. The lowest BCUT2D eigenvalue weighted by Crippen LogP contribution is -2.50. The molecule has 4 amide bonds. The number of carbonyl (C=O) groups is 4. The largest absolute Gasteiger partial charge is 0.326 e. The second kappa shape index (κ2) is 8.40. The number of aromatic nitrogens is 5. The molecule has 0 radical (unpaired) electrons. The fraction of sp³-hybridized carbons (Fsp3) is 0.375. The Balaban J connectivity index is 1.33. The lowest BCUT2D eigenvalue weighted by molar-refractivity contribution is -0.122. The minimum Gasteiger partial charge on any atom is -0.326 e. The highest BCUT2D eigenvalue weighted by atomic mass is 16.2. The highest BCUT2D eigenvalue weighted by molar-refractivity contribution is 6.48. The van der Waals surface area contributed by atoms with Crippen LogP contribution in [0.4, 0.5) is 4.79 Å². The van der Waals surface area contributed by atoms with Gasteiger partial charge in [0, 0.05) is 38.1 Å². The van der Waals surface area contributed by atoms with Gasteiger partial charge in [0.25, 0.3) is 11.8 Å². The molecule has 184 valence electrons. The van der Waals surface area contributed by atoms with E-state index >= 15 is 0 Å². The first kappa shape index (κ1) is 22.1. The van der Waals surface area contributed by atoms with Gasteiger partial charge in [-0.2, -0.15) is 5.10 Å². The lowest BCUT2D eigenvalue weighted by Gasteiger charge is -2.36. The van der Waals surface area contributed by atoms with Crippen molar-refractivity contribution in [1.29, 1.82) is 0 Å². The first-order valence-corrected chi connectivity index (χ1v) is 12.0. The number of amides is 4. The molecule has 0 spiro atoms. The molecule has 3 aromatic heterocycles. The second-order valence-electron chi connectivity index (χ2n) is 9.28. The van der Waals surface area contributed by atoms with E-state index in [2.05, 4.69) is 20.4 Å². The monoisotopic (exact) mass is 488 g/mol. The van der Waals surface area contributed by atoms with Gasteiger partial charge in [-0.1, -0.05) is 0 Å². The molecule has 36 heavy (non-hydrogen) atoms. The predicted octanol–water partition coefficient (Wildman–Crippen LogP) is 0.986. The predicted molar refractivity (Wildman–Crippen MR) is 126 cm³/mol. The van der Waals surface area contributed by atoms with Crippen LogP contribution in [0.25, 0.3) is 16.8 Å². The Morgan fingerprint density at radius 2 is 1.92 bits per heavy atom. The lowest BCUT2D eigenvalue weighted by atomic mass is 10.0. The zero-order valence-electron chi connectivity index (χ0n) is 19.7. The molecule has 6 heterocycles. The number of hydrogen-bond acceptors (Lipinski definition) is 7. The van der Waals surface area contributed by atoms with E-state index in [1.54, 1.807) is 34.0 Å². The number of ketones is 1. The van der Waals surface area contributed by atoms with Crippen molar-refractivity contribution in [3.05, 3.63) is 47.9 Å². The molecule has 12 nitrogen and oxygen atoms in total. The number of rotatable bonds is 2. The third-order valence-corrected chi connectivity index (χ3v) is 7.01. The molecule has 0 saturated carbocycles. The zero-order chi connectivity index (χ0) is 25.0. The number of imidazole rings is 2. The van der Waals surface area contributed by atoms with E-state index in [1.165, 1.54) is 10.7 Å². The van der Waals surface area contributed by atoms with Crippen molar-refractivity contribution in [2.75, 3.05) is 19.6 Å². The Labute approximate surface area is 205 Å². The van der Waals surface area contributed by atoms with Crippen LogP contribution in [-0.4, -0.2) is 83.3 Å². The zero-order valence-corrected chi connectivity index (χ0v) is 19.7. The maximum atomic E-state index is 13.1. The van der Waals surface area contributed by atoms with E-state index in [4.69, 9.17) is 0 Å². The maximum absolute atomic E-state index is 13.1. The Morgan fingerprint density at radius 1 is 1.08 bits per heavy atom. The molecule has 0 aromatic carbocycles. The molecular weight excluding hydrogens is 464 g/mol. The molecule has 3 aliphatic rings. The van der Waals surface area contributed by atoms with Crippen molar-refractivity contribution in [1.82, 2.24) is 39.3 Å². The number of nitrogens with zero attached hydrogens (tertiary/aromatic N) is 7. The average Bonchev–Trinajstić information content (AvgIpc) is 3.53. The summed E-state index contributed by atoms with van der Waals surface area (Å²) in [7, 11) is 0. The van der Waals surface area contributed by atoms with Crippen molar-refractivity contribution in [3.8, 4) is 0 Å². The Bertz CT molecular complexity index is 1470. The normalized spacial score (nSPS) is 20.7. The van der Waals surface area contributed by atoms with Crippen LogP contribution in [0, 0.1) is 0 Å². The Hall–Kier alpha value is -4.35. The van der Waals surface area contributed by atoms with Crippen molar-refractivity contribution in [2.45, 2.75) is 38.8 Å². The van der Waals surface area contributed by atoms with Gasteiger partial charge in [-0.05, 0) is 38.3 Å². The molecule has 1 atom stereocenters. The molecule has 3 aliphatic heterocycles. The van der Waals surface area contributed by atoms with Crippen LogP contribution < -0.4 is 5.32 Å². The summed E-state index contributed by atoms with van der Waals surface area (Å²) >= 11 is 0. The summed E-state index contributed by atoms with van der Waals surface area (Å²) < 4.78 is 3.13. The second-order valence-corrected chi connectivity index (χ2v) is 9.28. The number of fused-ring (bicyclic) bond motifs is 2. The van der Waals surface area contributed by atoms with Crippen molar-refractivity contribution >= 4 is 40.4 Å². The summed E-state index contributed by atoms with van der Waals surface area (Å²) in [5.41, 5.74) is 1.26. The number of nitrogens with one attached hydrogen (secondary N) is 1. The first-order valence-electron chi connectivity index (χ1n) is 12.0. The van der Waals surface area contributed by atoms with Crippen LogP contribution in [-0.2, 0) is 16.1 Å². The Kier molecular flexibility index (Phi) is 5.16. The number of imide groups is 1. The summed E-state index contributed by atoms with van der Waals surface area (Å²) in [5, 5.41) is 6.56. The molecule has 6 rings (SSSR count). The summed E-state index contributed by atoms with van der Waals surface area (Å²) in [6, 6.07) is 3.47. The van der Waals surface area contributed by atoms with Crippen molar-refractivity contribution in [3.63, 3.8) is 0 Å². The standard InChI is InChI=1S/C24H24N8O4/c1-14-5-2-3-8-31(14)24(36)30-10-9-29-12-15(27-21(29)17(33)13-30)19-20(23(35)28-22(19)34)16-11-25-18-6-4-7-26-32(16)18/h4,6-7,11-12,14H,2-3,5,8-10,13H2,1H3,(H,28,34,35). The Morgan fingerprint density at radius 3 is 2.75 bits per heavy atom. The summed E-state index contributed by atoms with van der Waals surface area (Å²) in [4.78, 5) is 64.0. The van der Waals surface area contributed by atoms with Crippen molar-refractivity contribution < 1.29 is 19.2 Å². The maximum Gasteiger partial charge on any atom is 0.320 e. The van der Waals surface area contributed by atoms with Crippen LogP contribution >= 0.6 is 0 Å². The highest BCUT2D eigenvalue weighted by Gasteiger charge is 2.37. The molecule has 3 aromatic rings. The topological polar surface area (TPSA) is 135 Å². The van der Waals surface area contributed by atoms with E-state index in [0.29, 0.717) is 31.0 Å². The molecule has 0 bridgehead atoms. The quantitative estimate of drug-likeness (QED) is 0.532. The molecule has 1 fully saturated rings. The third kappa shape index (κ3) is 3.48. The fourth-order valence-electron chi connectivity index (χ4n) is 5.15. The van der Waals surface area contributed by atoms with Gasteiger partial charge in [0.15, 0.2) is 11.5 Å². The van der Waals surface area contributed by atoms with E-state index in [0.717, 1.165) is 19.3 Å².